The Bertz CT molecular complexity index is 821. The van der Waals surface area contributed by atoms with Crippen molar-refractivity contribution in [1.29, 1.82) is 0 Å². The summed E-state index contributed by atoms with van der Waals surface area (Å²) < 4.78 is 12.3. The Morgan fingerprint density at radius 1 is 1.25 bits per heavy atom. The number of hydrogen-bond donors (Lipinski definition) is 1. The van der Waals surface area contributed by atoms with E-state index in [0.29, 0.717) is 30.2 Å². The molecule has 6 heteroatoms. The molecule has 124 valence electrons. The molecule has 0 spiro atoms. The van der Waals surface area contributed by atoms with E-state index in [0.717, 1.165) is 11.4 Å². The molecule has 3 aromatic rings. The minimum Gasteiger partial charge on any atom is -0.460 e. The SMILES string of the molecule is COCCNC(=O)c1cn(-c2ccccc2)nc1-c1ccc(C)o1. The number of rotatable bonds is 6. The summed E-state index contributed by atoms with van der Waals surface area (Å²) >= 11 is 0. The number of nitrogens with zero attached hydrogens (tertiary/aromatic N) is 2. The quantitative estimate of drug-likeness (QED) is 0.708. The lowest BCUT2D eigenvalue weighted by molar-refractivity contribution is 0.0937. The van der Waals surface area contributed by atoms with E-state index in [1.807, 2.05) is 49.4 Å². The van der Waals surface area contributed by atoms with E-state index < -0.39 is 0 Å². The number of methoxy groups -OCH3 is 1. The molecule has 0 saturated carbocycles. The van der Waals surface area contributed by atoms with Crippen molar-refractivity contribution in [2.24, 2.45) is 0 Å². The first-order valence-corrected chi connectivity index (χ1v) is 7.68. The Morgan fingerprint density at radius 3 is 2.71 bits per heavy atom. The van der Waals surface area contributed by atoms with Gasteiger partial charge in [0.1, 0.15) is 11.5 Å². The molecule has 1 N–H and O–H groups in total. The van der Waals surface area contributed by atoms with Gasteiger partial charge in [-0.15, -0.1) is 0 Å². The molecule has 0 aliphatic carbocycles. The Labute approximate surface area is 140 Å². The van der Waals surface area contributed by atoms with Crippen molar-refractivity contribution in [3.05, 3.63) is 60.0 Å². The van der Waals surface area contributed by atoms with Gasteiger partial charge in [-0.2, -0.15) is 5.10 Å². The zero-order valence-electron chi connectivity index (χ0n) is 13.7. The van der Waals surface area contributed by atoms with Crippen LogP contribution >= 0.6 is 0 Å². The van der Waals surface area contributed by atoms with E-state index in [4.69, 9.17) is 9.15 Å². The second-order valence-corrected chi connectivity index (χ2v) is 5.33. The lowest BCUT2D eigenvalue weighted by Gasteiger charge is -2.03. The Hall–Kier alpha value is -2.86. The first kappa shape index (κ1) is 16.0. The highest BCUT2D eigenvalue weighted by Gasteiger charge is 2.20. The average Bonchev–Trinajstić information content (AvgIpc) is 3.22. The fourth-order valence-electron chi connectivity index (χ4n) is 2.36. The van der Waals surface area contributed by atoms with Crippen LogP contribution in [0.2, 0.25) is 0 Å². The van der Waals surface area contributed by atoms with Crippen LogP contribution in [0.25, 0.3) is 17.1 Å². The maximum Gasteiger partial charge on any atom is 0.255 e. The first-order chi connectivity index (χ1) is 11.7. The minimum atomic E-state index is -0.210. The minimum absolute atomic E-state index is 0.210. The predicted octanol–water partition coefficient (Wildman–Crippen LogP) is 2.82. The first-order valence-electron chi connectivity index (χ1n) is 7.68. The van der Waals surface area contributed by atoms with Crippen LogP contribution in [0.15, 0.2) is 53.1 Å². The Balaban J connectivity index is 1.98. The molecule has 0 unspecified atom stereocenters. The van der Waals surface area contributed by atoms with Gasteiger partial charge in [-0.25, -0.2) is 4.68 Å². The number of nitrogens with one attached hydrogen (secondary N) is 1. The second-order valence-electron chi connectivity index (χ2n) is 5.33. The van der Waals surface area contributed by atoms with Crippen LogP contribution in [0.4, 0.5) is 0 Å². The van der Waals surface area contributed by atoms with Crippen LogP contribution in [0.5, 0.6) is 0 Å². The molecule has 0 fully saturated rings. The number of benzene rings is 1. The summed E-state index contributed by atoms with van der Waals surface area (Å²) in [5, 5.41) is 7.37. The number of para-hydroxylation sites is 1. The molecular weight excluding hydrogens is 306 g/mol. The third-order valence-electron chi connectivity index (χ3n) is 3.55. The van der Waals surface area contributed by atoms with Crippen LogP contribution in [-0.2, 0) is 4.74 Å². The van der Waals surface area contributed by atoms with E-state index in [1.54, 1.807) is 18.0 Å². The third kappa shape index (κ3) is 3.38. The molecule has 6 nitrogen and oxygen atoms in total. The maximum atomic E-state index is 12.5. The van der Waals surface area contributed by atoms with Crippen molar-refractivity contribution in [2.75, 3.05) is 20.3 Å². The van der Waals surface area contributed by atoms with Gasteiger partial charge in [0.2, 0.25) is 0 Å². The number of hydrogen-bond acceptors (Lipinski definition) is 4. The monoisotopic (exact) mass is 325 g/mol. The van der Waals surface area contributed by atoms with Crippen LogP contribution < -0.4 is 5.32 Å². The molecule has 0 radical (unpaired) electrons. The number of ether oxygens (including phenoxy) is 1. The van der Waals surface area contributed by atoms with Gasteiger partial charge in [0, 0.05) is 19.9 Å². The summed E-state index contributed by atoms with van der Waals surface area (Å²) in [6.07, 6.45) is 1.71. The number of aryl methyl sites for hydroxylation is 1. The second kappa shape index (κ2) is 7.14. The van der Waals surface area contributed by atoms with Crippen LogP contribution in [-0.4, -0.2) is 35.9 Å². The van der Waals surface area contributed by atoms with Gasteiger partial charge in [-0.3, -0.25) is 4.79 Å². The number of carbonyl (C=O) groups excluding carboxylic acids is 1. The summed E-state index contributed by atoms with van der Waals surface area (Å²) in [4.78, 5) is 12.5. The average molecular weight is 325 g/mol. The van der Waals surface area contributed by atoms with E-state index >= 15 is 0 Å². The van der Waals surface area contributed by atoms with Crippen molar-refractivity contribution in [1.82, 2.24) is 15.1 Å². The highest BCUT2D eigenvalue weighted by atomic mass is 16.5. The predicted molar refractivity (Wildman–Crippen MR) is 90.2 cm³/mol. The fourth-order valence-corrected chi connectivity index (χ4v) is 2.36. The van der Waals surface area contributed by atoms with Crippen LogP contribution in [0.3, 0.4) is 0 Å². The number of amides is 1. The summed E-state index contributed by atoms with van der Waals surface area (Å²) in [7, 11) is 1.59. The molecule has 0 aliphatic rings. The highest BCUT2D eigenvalue weighted by molar-refractivity contribution is 5.99. The Kier molecular flexibility index (Phi) is 4.77. The topological polar surface area (TPSA) is 69.3 Å². The third-order valence-corrected chi connectivity index (χ3v) is 3.55. The van der Waals surface area contributed by atoms with E-state index in [1.165, 1.54) is 0 Å². The van der Waals surface area contributed by atoms with Gasteiger partial charge < -0.3 is 14.5 Å². The molecule has 0 saturated heterocycles. The number of carbonyl (C=O) groups is 1. The fraction of sp³-hybridized carbons (Fsp3) is 0.222. The molecule has 1 aromatic carbocycles. The van der Waals surface area contributed by atoms with Crippen LogP contribution in [0, 0.1) is 6.92 Å². The van der Waals surface area contributed by atoms with Crippen LogP contribution in [0.1, 0.15) is 16.1 Å². The molecule has 1 amide bonds. The van der Waals surface area contributed by atoms with Gasteiger partial charge in [-0.1, -0.05) is 18.2 Å². The van der Waals surface area contributed by atoms with Gasteiger partial charge in [-0.05, 0) is 31.2 Å². The zero-order chi connectivity index (χ0) is 16.9. The van der Waals surface area contributed by atoms with E-state index in [2.05, 4.69) is 10.4 Å². The standard InChI is InChI=1S/C18H19N3O3/c1-13-8-9-16(24-13)17-15(18(22)19-10-11-23-2)12-21(20-17)14-6-4-3-5-7-14/h3-9,12H,10-11H2,1-2H3,(H,19,22). The number of aromatic nitrogens is 2. The molecule has 3 rings (SSSR count). The summed E-state index contributed by atoms with van der Waals surface area (Å²) in [5.74, 6) is 1.13. The molecule has 2 heterocycles. The molecule has 0 aliphatic heterocycles. The van der Waals surface area contributed by atoms with Gasteiger partial charge >= 0.3 is 0 Å². The normalized spacial score (nSPS) is 10.8. The van der Waals surface area contributed by atoms with Crippen molar-refractivity contribution < 1.29 is 13.9 Å². The van der Waals surface area contributed by atoms with Crippen molar-refractivity contribution in [3.63, 3.8) is 0 Å². The van der Waals surface area contributed by atoms with Crippen molar-refractivity contribution >= 4 is 5.91 Å². The summed E-state index contributed by atoms with van der Waals surface area (Å²) in [5.41, 5.74) is 1.85. The van der Waals surface area contributed by atoms with Crippen molar-refractivity contribution in [3.8, 4) is 17.1 Å². The van der Waals surface area contributed by atoms with Gasteiger partial charge in [0.05, 0.1) is 17.9 Å². The zero-order valence-corrected chi connectivity index (χ0v) is 13.7. The molecule has 24 heavy (non-hydrogen) atoms. The highest BCUT2D eigenvalue weighted by Crippen LogP contribution is 2.25. The largest absolute Gasteiger partial charge is 0.460 e. The Morgan fingerprint density at radius 2 is 2.04 bits per heavy atom. The summed E-state index contributed by atoms with van der Waals surface area (Å²) in [6.45, 7) is 2.74. The molecule has 2 aromatic heterocycles. The smallest absolute Gasteiger partial charge is 0.255 e. The van der Waals surface area contributed by atoms with E-state index in [9.17, 15) is 4.79 Å². The van der Waals surface area contributed by atoms with Crippen molar-refractivity contribution in [2.45, 2.75) is 6.92 Å². The molecule has 0 atom stereocenters. The number of furan rings is 1. The lowest BCUT2D eigenvalue weighted by atomic mass is 10.2. The van der Waals surface area contributed by atoms with Gasteiger partial charge in [0.15, 0.2) is 5.76 Å². The summed E-state index contributed by atoms with van der Waals surface area (Å²) in [6, 6.07) is 13.3. The lowest BCUT2D eigenvalue weighted by Crippen LogP contribution is -2.27. The molecular formula is C18H19N3O3. The maximum absolute atomic E-state index is 12.5. The van der Waals surface area contributed by atoms with E-state index in [-0.39, 0.29) is 5.91 Å². The molecule has 0 bridgehead atoms. The van der Waals surface area contributed by atoms with Gasteiger partial charge in [0.25, 0.3) is 5.91 Å².